The van der Waals surface area contributed by atoms with E-state index in [2.05, 4.69) is 42.2 Å². The number of thiocarbonyl (C=S) groups is 1. The van der Waals surface area contributed by atoms with Crippen molar-refractivity contribution in [1.29, 1.82) is 0 Å². The van der Waals surface area contributed by atoms with Crippen LogP contribution in [-0.2, 0) is 0 Å². The lowest BCUT2D eigenvalue weighted by Crippen LogP contribution is -2.21. The van der Waals surface area contributed by atoms with Gasteiger partial charge in [0, 0.05) is 12.2 Å². The van der Waals surface area contributed by atoms with Gasteiger partial charge in [0.2, 0.25) is 0 Å². The highest BCUT2D eigenvalue weighted by molar-refractivity contribution is 7.80. The minimum atomic E-state index is 1.06. The first-order chi connectivity index (χ1) is 7.33. The van der Waals surface area contributed by atoms with Crippen molar-refractivity contribution in [3.05, 3.63) is 42.0 Å². The summed E-state index contributed by atoms with van der Waals surface area (Å²) in [6.07, 6.45) is 4.38. The first-order valence-electron chi connectivity index (χ1n) is 5.35. The van der Waals surface area contributed by atoms with Crippen LogP contribution in [0.4, 0.5) is 0 Å². The van der Waals surface area contributed by atoms with Gasteiger partial charge in [-0.15, -0.1) is 0 Å². The topological polar surface area (TPSA) is 3.24 Å². The monoisotopic (exact) mass is 217 g/mol. The second-order valence-corrected chi connectivity index (χ2v) is 4.16. The fraction of sp³-hybridized carbons (Fsp3) is 0.308. The molecule has 0 atom stereocenters. The highest BCUT2D eigenvalue weighted by Gasteiger charge is 2.20. The number of nitrogens with zero attached hydrogens (tertiary/aromatic N) is 1. The highest BCUT2D eigenvalue weighted by atomic mass is 32.1. The quantitative estimate of drug-likeness (QED) is 0.698. The molecule has 2 rings (SSSR count). The van der Waals surface area contributed by atoms with Crippen LogP contribution in [0.5, 0.6) is 0 Å². The maximum Gasteiger partial charge on any atom is 0.0824 e. The van der Waals surface area contributed by atoms with Crippen molar-refractivity contribution in [2.24, 2.45) is 0 Å². The van der Waals surface area contributed by atoms with Crippen molar-refractivity contribution >= 4 is 22.9 Å². The Hall–Kier alpha value is -1.15. The van der Waals surface area contributed by atoms with Crippen LogP contribution in [0.3, 0.4) is 0 Å². The Bertz CT molecular complexity index is 381. The van der Waals surface area contributed by atoms with Gasteiger partial charge in [0.1, 0.15) is 0 Å². The predicted octanol–water partition coefficient (Wildman–Crippen LogP) is 3.47. The van der Waals surface area contributed by atoms with Crippen molar-refractivity contribution in [3.63, 3.8) is 0 Å². The maximum atomic E-state index is 5.37. The summed E-state index contributed by atoms with van der Waals surface area (Å²) in [4.78, 5) is 3.33. The Balaban J connectivity index is 2.29. The minimum absolute atomic E-state index is 1.06. The molecule has 1 nitrogen and oxygen atoms in total. The van der Waals surface area contributed by atoms with Crippen LogP contribution in [0, 0.1) is 0 Å². The number of likely N-dealkylation sites (tertiary alicyclic amines) is 1. The molecule has 0 amide bonds. The standard InChI is InChI=1S/C13H15NS/c1-2-12(11-7-4-3-5-8-11)14-10-6-9-13(14)15/h2-5,7-8H,6,9-10H2,1H3/b12-2-. The molecule has 0 spiro atoms. The molecule has 1 saturated heterocycles. The number of hydrogen-bond donors (Lipinski definition) is 0. The third-order valence-electron chi connectivity index (χ3n) is 2.71. The molecule has 78 valence electrons. The Kier molecular flexibility index (Phi) is 3.17. The van der Waals surface area contributed by atoms with Gasteiger partial charge in [-0.05, 0) is 25.3 Å². The van der Waals surface area contributed by atoms with E-state index < -0.39 is 0 Å². The summed E-state index contributed by atoms with van der Waals surface area (Å²) in [7, 11) is 0. The number of rotatable bonds is 2. The second-order valence-electron chi connectivity index (χ2n) is 3.69. The molecule has 0 aromatic heterocycles. The first-order valence-corrected chi connectivity index (χ1v) is 5.76. The summed E-state index contributed by atoms with van der Waals surface area (Å²) in [5.41, 5.74) is 2.50. The molecule has 1 fully saturated rings. The smallest absolute Gasteiger partial charge is 0.0824 e. The van der Waals surface area contributed by atoms with E-state index >= 15 is 0 Å². The summed E-state index contributed by atoms with van der Waals surface area (Å²) >= 11 is 5.37. The van der Waals surface area contributed by atoms with E-state index in [0.29, 0.717) is 0 Å². The molecule has 1 aliphatic rings. The zero-order chi connectivity index (χ0) is 10.7. The lowest BCUT2D eigenvalue weighted by molar-refractivity contribution is 0.634. The lowest BCUT2D eigenvalue weighted by atomic mass is 10.1. The van der Waals surface area contributed by atoms with Crippen LogP contribution in [0.1, 0.15) is 25.3 Å². The summed E-state index contributed by atoms with van der Waals surface area (Å²) < 4.78 is 0. The van der Waals surface area contributed by atoms with Gasteiger partial charge in [-0.25, -0.2) is 0 Å². The molecule has 1 heterocycles. The molecule has 0 radical (unpaired) electrons. The fourth-order valence-corrected chi connectivity index (χ4v) is 2.32. The molecule has 0 unspecified atom stereocenters. The Morgan fingerprint density at radius 1 is 1.33 bits per heavy atom. The molecule has 0 aliphatic carbocycles. The molecule has 15 heavy (non-hydrogen) atoms. The second kappa shape index (κ2) is 4.58. The number of hydrogen-bond acceptors (Lipinski definition) is 1. The third-order valence-corrected chi connectivity index (χ3v) is 3.13. The molecule has 1 aromatic carbocycles. The van der Waals surface area contributed by atoms with Crippen molar-refractivity contribution in [2.75, 3.05) is 6.54 Å². The van der Waals surface area contributed by atoms with Crippen LogP contribution in [0.2, 0.25) is 0 Å². The largest absolute Gasteiger partial charge is 0.336 e. The van der Waals surface area contributed by atoms with Gasteiger partial charge < -0.3 is 4.90 Å². The predicted molar refractivity (Wildman–Crippen MR) is 68.6 cm³/mol. The summed E-state index contributed by atoms with van der Waals surface area (Å²) in [6.45, 7) is 3.14. The molecule has 1 aromatic rings. The molecule has 0 saturated carbocycles. The Morgan fingerprint density at radius 3 is 2.60 bits per heavy atom. The molecular formula is C13H15NS. The van der Waals surface area contributed by atoms with E-state index in [4.69, 9.17) is 12.2 Å². The van der Waals surface area contributed by atoms with Gasteiger partial charge in [0.05, 0.1) is 4.99 Å². The number of allylic oxidation sites excluding steroid dienone is 1. The van der Waals surface area contributed by atoms with Gasteiger partial charge in [-0.3, -0.25) is 0 Å². The molecular weight excluding hydrogens is 202 g/mol. The Labute approximate surface area is 96.4 Å². The molecule has 1 aliphatic heterocycles. The lowest BCUT2D eigenvalue weighted by Gasteiger charge is -2.21. The average Bonchev–Trinajstić information content (AvgIpc) is 2.68. The molecule has 0 bridgehead atoms. The van der Waals surface area contributed by atoms with Crippen LogP contribution in [0.25, 0.3) is 5.70 Å². The van der Waals surface area contributed by atoms with E-state index in [-0.39, 0.29) is 0 Å². The van der Waals surface area contributed by atoms with Gasteiger partial charge in [0.15, 0.2) is 0 Å². The summed E-state index contributed by atoms with van der Waals surface area (Å²) in [6, 6.07) is 10.4. The van der Waals surface area contributed by atoms with E-state index in [1.165, 1.54) is 17.7 Å². The van der Waals surface area contributed by atoms with Crippen molar-refractivity contribution in [2.45, 2.75) is 19.8 Å². The van der Waals surface area contributed by atoms with Crippen LogP contribution >= 0.6 is 12.2 Å². The summed E-state index contributed by atoms with van der Waals surface area (Å²) in [5.74, 6) is 0. The van der Waals surface area contributed by atoms with Gasteiger partial charge in [0.25, 0.3) is 0 Å². The van der Waals surface area contributed by atoms with Gasteiger partial charge in [-0.2, -0.15) is 0 Å². The highest BCUT2D eigenvalue weighted by Crippen LogP contribution is 2.25. The Morgan fingerprint density at radius 2 is 2.07 bits per heavy atom. The first kappa shape index (κ1) is 10.4. The van der Waals surface area contributed by atoms with Crippen molar-refractivity contribution in [1.82, 2.24) is 4.90 Å². The maximum absolute atomic E-state index is 5.37. The van der Waals surface area contributed by atoms with Crippen molar-refractivity contribution in [3.8, 4) is 0 Å². The van der Waals surface area contributed by atoms with Gasteiger partial charge >= 0.3 is 0 Å². The summed E-state index contributed by atoms with van der Waals surface area (Å²) in [5, 5.41) is 0. The van der Waals surface area contributed by atoms with E-state index in [9.17, 15) is 0 Å². The van der Waals surface area contributed by atoms with Gasteiger partial charge in [-0.1, -0.05) is 48.6 Å². The fourth-order valence-electron chi connectivity index (χ4n) is 1.99. The molecule has 2 heteroatoms. The SMILES string of the molecule is C/C=C(/c1ccccc1)N1CCCC1=S. The van der Waals surface area contributed by atoms with Crippen LogP contribution in [-0.4, -0.2) is 16.4 Å². The zero-order valence-electron chi connectivity index (χ0n) is 8.94. The minimum Gasteiger partial charge on any atom is -0.336 e. The van der Waals surface area contributed by atoms with E-state index in [0.717, 1.165) is 18.0 Å². The van der Waals surface area contributed by atoms with Crippen LogP contribution < -0.4 is 0 Å². The third kappa shape index (κ3) is 2.10. The average molecular weight is 217 g/mol. The number of benzene rings is 1. The zero-order valence-corrected chi connectivity index (χ0v) is 9.76. The van der Waals surface area contributed by atoms with Crippen LogP contribution in [0.15, 0.2) is 36.4 Å². The molecule has 0 N–H and O–H groups in total. The van der Waals surface area contributed by atoms with Crippen molar-refractivity contribution < 1.29 is 0 Å². The van der Waals surface area contributed by atoms with E-state index in [1.54, 1.807) is 0 Å². The van der Waals surface area contributed by atoms with E-state index in [1.807, 2.05) is 6.07 Å². The normalized spacial score (nSPS) is 17.3.